The van der Waals surface area contributed by atoms with E-state index in [1.807, 2.05) is 48.2 Å². The average Bonchev–Trinajstić information content (AvgIpc) is 3.04. The van der Waals surface area contributed by atoms with Gasteiger partial charge >= 0.3 is 5.69 Å². The molecular weight excluding hydrogens is 577 g/mol. The van der Waals surface area contributed by atoms with E-state index < -0.39 is 11.4 Å². The fourth-order valence-electron chi connectivity index (χ4n) is 6.60. The van der Waals surface area contributed by atoms with Crippen LogP contribution in [0, 0.1) is 5.82 Å². The molecule has 1 N–H and O–H groups in total. The SMILES string of the molecule is O=C(CN(Cc1ccccc1)Cc1ccccc1)NC1CCC(n2c(=O)c3cc(F)cnc3n(C3CCSCC3)c2=O)CC1. The molecule has 10 heteroatoms. The molecule has 1 saturated carbocycles. The monoisotopic (exact) mass is 615 g/mol. The van der Waals surface area contributed by atoms with Gasteiger partial charge in [0.25, 0.3) is 5.56 Å². The zero-order valence-electron chi connectivity index (χ0n) is 24.7. The van der Waals surface area contributed by atoms with Crippen molar-refractivity contribution < 1.29 is 9.18 Å². The zero-order valence-corrected chi connectivity index (χ0v) is 25.6. The van der Waals surface area contributed by atoms with Crippen LogP contribution in [-0.2, 0) is 17.9 Å². The lowest BCUT2D eigenvalue weighted by Gasteiger charge is -2.32. The summed E-state index contributed by atoms with van der Waals surface area (Å²) in [6.45, 7) is 1.57. The summed E-state index contributed by atoms with van der Waals surface area (Å²) in [6.07, 6.45) is 5.15. The van der Waals surface area contributed by atoms with Crippen molar-refractivity contribution in [3.8, 4) is 0 Å². The van der Waals surface area contributed by atoms with Crippen LogP contribution in [0.2, 0.25) is 0 Å². The number of pyridine rings is 1. The minimum absolute atomic E-state index is 0.0396. The van der Waals surface area contributed by atoms with Crippen LogP contribution in [-0.4, -0.2) is 49.0 Å². The predicted octanol–water partition coefficient (Wildman–Crippen LogP) is 5.07. The van der Waals surface area contributed by atoms with Crippen molar-refractivity contribution in [2.24, 2.45) is 0 Å². The zero-order chi connectivity index (χ0) is 30.5. The van der Waals surface area contributed by atoms with E-state index in [0.717, 1.165) is 41.7 Å². The van der Waals surface area contributed by atoms with Crippen molar-refractivity contribution in [1.29, 1.82) is 0 Å². The third-order valence-corrected chi connectivity index (χ3v) is 9.82. The summed E-state index contributed by atoms with van der Waals surface area (Å²) in [5, 5.41) is 3.36. The first kappa shape index (κ1) is 30.3. The van der Waals surface area contributed by atoms with Gasteiger partial charge in [-0.25, -0.2) is 14.2 Å². The number of hydrogen-bond acceptors (Lipinski definition) is 6. The fraction of sp³-hybridized carbons (Fsp3) is 0.412. The minimum atomic E-state index is -0.592. The van der Waals surface area contributed by atoms with E-state index in [-0.39, 0.29) is 47.3 Å². The summed E-state index contributed by atoms with van der Waals surface area (Å²) < 4.78 is 17.2. The Labute approximate surface area is 260 Å². The second-order valence-corrected chi connectivity index (χ2v) is 13.1. The first-order valence-corrected chi connectivity index (χ1v) is 16.6. The minimum Gasteiger partial charge on any atom is -0.352 e. The second kappa shape index (κ2) is 13.9. The number of carbonyl (C=O) groups excluding carboxylic acids is 1. The van der Waals surface area contributed by atoms with E-state index in [4.69, 9.17) is 0 Å². The van der Waals surface area contributed by atoms with Gasteiger partial charge < -0.3 is 5.32 Å². The van der Waals surface area contributed by atoms with Crippen molar-refractivity contribution in [2.75, 3.05) is 18.1 Å². The van der Waals surface area contributed by atoms with Gasteiger partial charge in [-0.05, 0) is 67.2 Å². The first-order valence-electron chi connectivity index (χ1n) is 15.5. The fourth-order valence-corrected chi connectivity index (χ4v) is 7.69. The number of benzene rings is 2. The number of carbonyl (C=O) groups is 1. The maximum Gasteiger partial charge on any atom is 0.333 e. The molecule has 0 bridgehead atoms. The Bertz CT molecular complexity index is 1660. The molecule has 1 aliphatic heterocycles. The smallest absolute Gasteiger partial charge is 0.333 e. The largest absolute Gasteiger partial charge is 0.352 e. The van der Waals surface area contributed by atoms with Crippen LogP contribution in [0.15, 0.2) is 82.5 Å². The molecule has 0 radical (unpaired) electrons. The average molecular weight is 616 g/mol. The molecular formula is C34H38FN5O3S. The molecule has 6 rings (SSSR count). The number of amides is 1. The predicted molar refractivity (Wildman–Crippen MR) is 172 cm³/mol. The summed E-state index contributed by atoms with van der Waals surface area (Å²) in [6, 6.07) is 21.0. The van der Waals surface area contributed by atoms with Crippen molar-refractivity contribution in [2.45, 2.75) is 69.7 Å². The number of nitrogens with zero attached hydrogens (tertiary/aromatic N) is 4. The molecule has 3 heterocycles. The van der Waals surface area contributed by atoms with Crippen LogP contribution in [0.4, 0.5) is 4.39 Å². The van der Waals surface area contributed by atoms with Crippen LogP contribution < -0.4 is 16.6 Å². The molecule has 0 atom stereocenters. The lowest BCUT2D eigenvalue weighted by atomic mass is 9.91. The van der Waals surface area contributed by atoms with Crippen molar-refractivity contribution in [3.05, 3.63) is 111 Å². The van der Waals surface area contributed by atoms with Crippen LogP contribution in [0.3, 0.4) is 0 Å². The number of hydrogen-bond donors (Lipinski definition) is 1. The molecule has 2 aromatic heterocycles. The molecule has 2 aromatic carbocycles. The van der Waals surface area contributed by atoms with Gasteiger partial charge in [0.2, 0.25) is 5.91 Å². The Morgan fingerprint density at radius 3 is 2.07 bits per heavy atom. The van der Waals surface area contributed by atoms with Gasteiger partial charge in [0.1, 0.15) is 11.5 Å². The highest BCUT2D eigenvalue weighted by Gasteiger charge is 2.30. The van der Waals surface area contributed by atoms with Gasteiger partial charge in [-0.3, -0.25) is 23.6 Å². The van der Waals surface area contributed by atoms with Gasteiger partial charge in [-0.1, -0.05) is 60.7 Å². The standard InChI is InChI=1S/C34H38FN5O3S/c35-26-19-30-32(36-20-26)39(29-15-17-44-18-16-29)34(43)40(33(30)42)28-13-11-27(12-14-28)37-31(41)23-38(21-24-7-3-1-4-8-24)22-25-9-5-2-6-10-25/h1-10,19-20,27-29H,11-18,21-23H2,(H,37,41). The Morgan fingerprint density at radius 2 is 1.45 bits per heavy atom. The highest BCUT2D eigenvalue weighted by atomic mass is 32.2. The van der Waals surface area contributed by atoms with Gasteiger partial charge in [-0.2, -0.15) is 11.8 Å². The number of fused-ring (bicyclic) bond motifs is 1. The highest BCUT2D eigenvalue weighted by molar-refractivity contribution is 7.99. The van der Waals surface area contributed by atoms with Gasteiger partial charge in [-0.15, -0.1) is 0 Å². The van der Waals surface area contributed by atoms with Crippen molar-refractivity contribution in [3.63, 3.8) is 0 Å². The third-order valence-electron chi connectivity index (χ3n) is 8.77. The molecule has 1 aliphatic carbocycles. The Hall–Kier alpha value is -3.76. The lowest BCUT2D eigenvalue weighted by Crippen LogP contribution is -2.47. The molecule has 2 aliphatic rings. The number of nitrogens with one attached hydrogen (secondary N) is 1. The van der Waals surface area contributed by atoms with Gasteiger partial charge in [0.05, 0.1) is 18.1 Å². The highest BCUT2D eigenvalue weighted by Crippen LogP contribution is 2.30. The Kier molecular flexibility index (Phi) is 9.57. The van der Waals surface area contributed by atoms with Crippen molar-refractivity contribution in [1.82, 2.24) is 24.3 Å². The van der Waals surface area contributed by atoms with Gasteiger partial charge in [0, 0.05) is 31.2 Å². The normalized spacial score (nSPS) is 19.3. The Morgan fingerprint density at radius 1 is 0.864 bits per heavy atom. The molecule has 44 heavy (non-hydrogen) atoms. The number of thioether (sulfide) groups is 1. The van der Waals surface area contributed by atoms with Crippen molar-refractivity contribution >= 4 is 28.7 Å². The van der Waals surface area contributed by atoms with Crippen LogP contribution >= 0.6 is 11.8 Å². The number of aromatic nitrogens is 3. The molecule has 2 fully saturated rings. The molecule has 0 unspecified atom stereocenters. The molecule has 0 spiro atoms. The van der Waals surface area contributed by atoms with E-state index in [1.54, 1.807) is 4.57 Å². The van der Waals surface area contributed by atoms with Crippen LogP contribution in [0.1, 0.15) is 61.7 Å². The van der Waals surface area contributed by atoms with E-state index in [9.17, 15) is 18.8 Å². The summed E-state index contributed by atoms with van der Waals surface area (Å²) in [4.78, 5) is 47.1. The summed E-state index contributed by atoms with van der Waals surface area (Å²) >= 11 is 1.85. The number of rotatable bonds is 9. The van der Waals surface area contributed by atoms with Gasteiger partial charge in [0.15, 0.2) is 0 Å². The van der Waals surface area contributed by atoms with E-state index >= 15 is 0 Å². The summed E-state index contributed by atoms with van der Waals surface area (Å²) in [5.74, 6) is 1.23. The lowest BCUT2D eigenvalue weighted by molar-refractivity contribution is -0.123. The molecule has 4 aromatic rings. The molecule has 1 saturated heterocycles. The Balaban J connectivity index is 1.15. The first-order chi connectivity index (χ1) is 21.5. The molecule has 1 amide bonds. The maximum atomic E-state index is 14.2. The third kappa shape index (κ3) is 6.97. The number of halogens is 1. The molecule has 230 valence electrons. The molecule has 8 nitrogen and oxygen atoms in total. The topological polar surface area (TPSA) is 89.2 Å². The van der Waals surface area contributed by atoms with Crippen LogP contribution in [0.25, 0.3) is 11.0 Å². The summed E-state index contributed by atoms with van der Waals surface area (Å²) in [7, 11) is 0. The van der Waals surface area contributed by atoms with E-state index in [0.29, 0.717) is 38.8 Å². The van der Waals surface area contributed by atoms with Crippen LogP contribution in [0.5, 0.6) is 0 Å². The second-order valence-electron chi connectivity index (χ2n) is 11.9. The van der Waals surface area contributed by atoms with E-state index in [2.05, 4.69) is 39.5 Å². The van der Waals surface area contributed by atoms with E-state index in [1.165, 1.54) is 10.6 Å². The quantitative estimate of drug-likeness (QED) is 0.283. The summed E-state index contributed by atoms with van der Waals surface area (Å²) in [5.41, 5.74) is 1.72. The maximum absolute atomic E-state index is 14.2.